The van der Waals surface area contributed by atoms with E-state index in [-0.39, 0.29) is 23.3 Å². The SMILES string of the molecule is CCCCCCOc1ccc(C2N=C(c3ccc(F)cc3)N=C(C3=CC=C(F)CC3C)N2C)c(O)c1. The third-order valence-corrected chi connectivity index (χ3v) is 6.54. The molecule has 2 aromatic rings. The number of phenols is 1. The maximum absolute atomic E-state index is 13.9. The number of aromatic hydroxyl groups is 1. The van der Waals surface area contributed by atoms with Gasteiger partial charge in [0.05, 0.1) is 6.61 Å². The largest absolute Gasteiger partial charge is 0.507 e. The highest BCUT2D eigenvalue weighted by molar-refractivity contribution is 6.13. The van der Waals surface area contributed by atoms with Crippen molar-refractivity contribution in [2.24, 2.45) is 15.9 Å². The molecule has 0 fully saturated rings. The Labute approximate surface area is 211 Å². The van der Waals surface area contributed by atoms with Crippen LogP contribution >= 0.6 is 0 Å². The Morgan fingerprint density at radius 1 is 1.06 bits per heavy atom. The average molecular weight is 494 g/mol. The van der Waals surface area contributed by atoms with Crippen LogP contribution in [-0.4, -0.2) is 35.3 Å². The summed E-state index contributed by atoms with van der Waals surface area (Å²) in [6, 6.07) is 11.3. The van der Waals surface area contributed by atoms with Gasteiger partial charge in [-0.2, -0.15) is 0 Å². The van der Waals surface area contributed by atoms with E-state index in [2.05, 4.69) is 6.92 Å². The minimum atomic E-state index is -0.583. The van der Waals surface area contributed by atoms with Gasteiger partial charge in [-0.3, -0.25) is 0 Å². The normalized spacial score (nSPS) is 19.9. The Hall–Kier alpha value is -3.48. The Kier molecular flexibility index (Phi) is 8.18. The Bertz CT molecular complexity index is 1200. The van der Waals surface area contributed by atoms with Crippen LogP contribution in [0.2, 0.25) is 0 Å². The zero-order chi connectivity index (χ0) is 25.7. The van der Waals surface area contributed by atoms with Gasteiger partial charge in [0.15, 0.2) is 12.0 Å². The molecule has 2 atom stereocenters. The number of nitrogens with zero attached hydrogens (tertiary/aromatic N) is 3. The molecular formula is C29H33F2N3O2. The third kappa shape index (κ3) is 5.83. The van der Waals surface area contributed by atoms with Crippen molar-refractivity contribution in [3.63, 3.8) is 0 Å². The maximum Gasteiger partial charge on any atom is 0.159 e. The zero-order valence-corrected chi connectivity index (χ0v) is 21.0. The third-order valence-electron chi connectivity index (χ3n) is 6.54. The molecule has 2 aliphatic rings. The minimum absolute atomic E-state index is 0.0676. The lowest BCUT2D eigenvalue weighted by Crippen LogP contribution is -2.37. The molecule has 1 aliphatic heterocycles. The molecule has 36 heavy (non-hydrogen) atoms. The number of rotatable bonds is 9. The van der Waals surface area contributed by atoms with Gasteiger partial charge in [0, 0.05) is 30.7 Å². The van der Waals surface area contributed by atoms with E-state index < -0.39 is 6.17 Å². The Morgan fingerprint density at radius 3 is 2.53 bits per heavy atom. The van der Waals surface area contributed by atoms with Gasteiger partial charge in [0.2, 0.25) is 0 Å². The van der Waals surface area contributed by atoms with Crippen LogP contribution in [-0.2, 0) is 0 Å². The second-order valence-corrected chi connectivity index (χ2v) is 9.35. The van der Waals surface area contributed by atoms with Crippen molar-refractivity contribution in [2.75, 3.05) is 13.7 Å². The van der Waals surface area contributed by atoms with Crippen LogP contribution in [0.15, 0.2) is 76.0 Å². The molecule has 0 aromatic heterocycles. The zero-order valence-electron chi connectivity index (χ0n) is 21.0. The first-order valence-electron chi connectivity index (χ1n) is 12.5. The van der Waals surface area contributed by atoms with Crippen LogP contribution in [0.5, 0.6) is 11.5 Å². The van der Waals surface area contributed by atoms with E-state index in [1.165, 1.54) is 24.6 Å². The van der Waals surface area contributed by atoms with Crippen molar-refractivity contribution in [3.8, 4) is 11.5 Å². The second-order valence-electron chi connectivity index (χ2n) is 9.35. The number of unbranched alkanes of at least 4 members (excludes halogenated alkanes) is 3. The molecule has 0 spiro atoms. The van der Waals surface area contributed by atoms with Crippen LogP contribution in [0.1, 0.15) is 63.2 Å². The summed E-state index contributed by atoms with van der Waals surface area (Å²) < 4.78 is 33.3. The number of hydrogen-bond donors (Lipinski definition) is 1. The molecule has 0 amide bonds. The van der Waals surface area contributed by atoms with Gasteiger partial charge in [-0.25, -0.2) is 18.8 Å². The minimum Gasteiger partial charge on any atom is -0.507 e. The first-order valence-corrected chi connectivity index (χ1v) is 12.5. The van der Waals surface area contributed by atoms with E-state index in [1.54, 1.807) is 24.3 Å². The fourth-order valence-corrected chi connectivity index (χ4v) is 4.47. The number of allylic oxidation sites excluding steroid dienone is 3. The summed E-state index contributed by atoms with van der Waals surface area (Å²) in [6.45, 7) is 4.72. The molecule has 1 aliphatic carbocycles. The molecule has 0 saturated carbocycles. The molecule has 190 valence electrons. The fraction of sp³-hybridized carbons (Fsp3) is 0.379. The molecule has 1 heterocycles. The number of aliphatic imine (C=N–C) groups is 2. The summed E-state index contributed by atoms with van der Waals surface area (Å²) in [5.74, 6) is 1.14. The standard InChI is InChI=1S/C29H33F2N3O2/c1-4-5-6-7-16-36-23-13-15-25(26(35)18-23)29-33-27(20-8-10-21(30)11-9-20)32-28(34(29)3)24-14-12-22(31)17-19(24)2/h8-15,18-19,29,35H,4-7,16-17H2,1-3H3. The molecule has 5 nitrogen and oxygen atoms in total. The summed E-state index contributed by atoms with van der Waals surface area (Å²) in [5.41, 5.74) is 2.13. The van der Waals surface area contributed by atoms with Gasteiger partial charge in [-0.1, -0.05) is 39.2 Å². The Morgan fingerprint density at radius 2 is 1.83 bits per heavy atom. The number of phenolic OH excluding ortho intramolecular Hbond substituents is 1. The van der Waals surface area contributed by atoms with E-state index in [4.69, 9.17) is 14.7 Å². The highest BCUT2D eigenvalue weighted by Gasteiger charge is 2.32. The smallest absolute Gasteiger partial charge is 0.159 e. The summed E-state index contributed by atoms with van der Waals surface area (Å²) in [6.07, 6.45) is 7.35. The molecule has 4 rings (SSSR count). The van der Waals surface area contributed by atoms with Crippen molar-refractivity contribution in [1.82, 2.24) is 4.90 Å². The quantitative estimate of drug-likeness (QED) is 0.379. The van der Waals surface area contributed by atoms with Crippen molar-refractivity contribution >= 4 is 11.7 Å². The van der Waals surface area contributed by atoms with Gasteiger partial charge in [0.25, 0.3) is 0 Å². The van der Waals surface area contributed by atoms with Crippen LogP contribution in [0.4, 0.5) is 8.78 Å². The summed E-state index contributed by atoms with van der Waals surface area (Å²) in [7, 11) is 1.86. The van der Waals surface area contributed by atoms with E-state index >= 15 is 0 Å². The second kappa shape index (κ2) is 11.5. The number of amidine groups is 2. The fourth-order valence-electron chi connectivity index (χ4n) is 4.47. The van der Waals surface area contributed by atoms with Crippen molar-refractivity contribution in [3.05, 3.63) is 83.0 Å². The Balaban J connectivity index is 1.67. The number of likely N-dealkylation sites (N-methyl/N-ethyl adjacent to an activating group) is 1. The number of benzene rings is 2. The van der Waals surface area contributed by atoms with Crippen molar-refractivity contribution in [1.29, 1.82) is 0 Å². The molecule has 0 saturated heterocycles. The van der Waals surface area contributed by atoms with Crippen LogP contribution in [0.25, 0.3) is 0 Å². The van der Waals surface area contributed by atoms with Gasteiger partial charge >= 0.3 is 0 Å². The summed E-state index contributed by atoms with van der Waals surface area (Å²) in [4.78, 5) is 11.5. The van der Waals surface area contributed by atoms with E-state index in [1.807, 2.05) is 31.0 Å². The molecule has 0 radical (unpaired) electrons. The van der Waals surface area contributed by atoms with Crippen LogP contribution < -0.4 is 4.74 Å². The predicted molar refractivity (Wildman–Crippen MR) is 140 cm³/mol. The van der Waals surface area contributed by atoms with Crippen molar-refractivity contribution in [2.45, 2.75) is 52.1 Å². The molecule has 2 aromatic carbocycles. The lowest BCUT2D eigenvalue weighted by atomic mass is 9.90. The highest BCUT2D eigenvalue weighted by Crippen LogP contribution is 2.37. The molecule has 2 unspecified atom stereocenters. The summed E-state index contributed by atoms with van der Waals surface area (Å²) in [5, 5.41) is 10.9. The predicted octanol–water partition coefficient (Wildman–Crippen LogP) is 7.10. The number of ether oxygens (including phenoxy) is 1. The average Bonchev–Trinajstić information content (AvgIpc) is 2.85. The van der Waals surface area contributed by atoms with Gasteiger partial charge < -0.3 is 14.7 Å². The first-order chi connectivity index (χ1) is 17.4. The van der Waals surface area contributed by atoms with Crippen LogP contribution in [0.3, 0.4) is 0 Å². The monoisotopic (exact) mass is 493 g/mol. The maximum atomic E-state index is 13.9. The molecule has 0 bridgehead atoms. The molecule has 7 heteroatoms. The van der Waals surface area contributed by atoms with Crippen LogP contribution in [0, 0.1) is 11.7 Å². The van der Waals surface area contributed by atoms with Crippen molar-refractivity contribution < 1.29 is 18.6 Å². The van der Waals surface area contributed by atoms with Gasteiger partial charge in [-0.15, -0.1) is 0 Å². The highest BCUT2D eigenvalue weighted by atomic mass is 19.1. The van der Waals surface area contributed by atoms with E-state index in [0.29, 0.717) is 41.6 Å². The number of halogens is 2. The first kappa shape index (κ1) is 25.6. The molecule has 1 N–H and O–H groups in total. The topological polar surface area (TPSA) is 57.4 Å². The number of hydrogen-bond acceptors (Lipinski definition) is 5. The summed E-state index contributed by atoms with van der Waals surface area (Å²) >= 11 is 0. The van der Waals surface area contributed by atoms with Gasteiger partial charge in [-0.05, 0) is 60.4 Å². The van der Waals surface area contributed by atoms with Gasteiger partial charge in [0.1, 0.15) is 29.0 Å². The molecular weight excluding hydrogens is 460 g/mol. The van der Waals surface area contributed by atoms with E-state index in [9.17, 15) is 13.9 Å². The van der Waals surface area contributed by atoms with E-state index in [0.717, 1.165) is 24.8 Å². The lowest BCUT2D eigenvalue weighted by Gasteiger charge is -2.35. The lowest BCUT2D eigenvalue weighted by molar-refractivity contribution is 0.302.